The van der Waals surface area contributed by atoms with Crippen molar-refractivity contribution in [2.24, 2.45) is 0 Å². The van der Waals surface area contributed by atoms with Gasteiger partial charge in [0.1, 0.15) is 11.7 Å². The normalized spacial score (nSPS) is 15.6. The number of hydrogen-bond acceptors (Lipinski definition) is 4. The summed E-state index contributed by atoms with van der Waals surface area (Å²) >= 11 is 0. The second kappa shape index (κ2) is 7.42. The zero-order valence-electron chi connectivity index (χ0n) is 14.5. The molecule has 27 heavy (non-hydrogen) atoms. The van der Waals surface area contributed by atoms with E-state index < -0.39 is 28.8 Å². The fourth-order valence-electron chi connectivity index (χ4n) is 2.91. The number of carbonyl (C=O) groups is 1. The van der Waals surface area contributed by atoms with Crippen molar-refractivity contribution in [2.45, 2.75) is 32.0 Å². The van der Waals surface area contributed by atoms with E-state index in [1.165, 1.54) is 4.90 Å². The van der Waals surface area contributed by atoms with Gasteiger partial charge in [-0.05, 0) is 19.1 Å². The Hall–Kier alpha value is -2.84. The summed E-state index contributed by atoms with van der Waals surface area (Å²) in [6, 6.07) is 4.28. The summed E-state index contributed by atoms with van der Waals surface area (Å²) in [5.41, 5.74) is -1.51. The number of ether oxygens (including phenoxy) is 1. The number of halogens is 3. The number of nitrogens with zero attached hydrogens (tertiary/aromatic N) is 2. The monoisotopic (exact) mass is 381 g/mol. The lowest BCUT2D eigenvalue weighted by molar-refractivity contribution is -0.137. The van der Waals surface area contributed by atoms with Gasteiger partial charge >= 0.3 is 6.18 Å². The third-order valence-electron chi connectivity index (χ3n) is 4.43. The summed E-state index contributed by atoms with van der Waals surface area (Å²) in [6.45, 7) is 2.44. The minimum absolute atomic E-state index is 0.151. The molecule has 0 spiro atoms. The van der Waals surface area contributed by atoms with E-state index in [2.05, 4.69) is 4.98 Å². The minimum atomic E-state index is -4.64. The van der Waals surface area contributed by atoms with Crippen LogP contribution in [0.1, 0.15) is 34.3 Å². The highest BCUT2D eigenvalue weighted by Gasteiger charge is 2.33. The highest BCUT2D eigenvalue weighted by atomic mass is 19.4. The lowest BCUT2D eigenvalue weighted by Crippen LogP contribution is -2.43. The number of piperidine rings is 1. The molecule has 0 aromatic carbocycles. The Labute approximate surface area is 153 Å². The lowest BCUT2D eigenvalue weighted by atomic mass is 10.1. The minimum Gasteiger partial charge on any atom is -0.474 e. The quantitative estimate of drug-likeness (QED) is 0.887. The first-order chi connectivity index (χ1) is 12.8. The predicted molar refractivity (Wildman–Crippen MR) is 90.6 cm³/mol. The van der Waals surface area contributed by atoms with Gasteiger partial charge < -0.3 is 14.6 Å². The van der Waals surface area contributed by atoms with Gasteiger partial charge in [-0.15, -0.1) is 0 Å². The van der Waals surface area contributed by atoms with Crippen LogP contribution in [-0.2, 0) is 6.18 Å². The van der Waals surface area contributed by atoms with Crippen molar-refractivity contribution in [3.63, 3.8) is 0 Å². The van der Waals surface area contributed by atoms with Gasteiger partial charge in [0.05, 0.1) is 5.56 Å². The molecule has 0 aliphatic carbocycles. The number of rotatable bonds is 3. The fourth-order valence-corrected chi connectivity index (χ4v) is 2.91. The van der Waals surface area contributed by atoms with E-state index in [4.69, 9.17) is 4.74 Å². The molecule has 0 radical (unpaired) electrons. The zero-order valence-corrected chi connectivity index (χ0v) is 14.5. The van der Waals surface area contributed by atoms with Gasteiger partial charge in [0.15, 0.2) is 0 Å². The molecule has 1 aliphatic heterocycles. The molecule has 6 nitrogen and oxygen atoms in total. The van der Waals surface area contributed by atoms with Crippen LogP contribution in [0.2, 0.25) is 0 Å². The lowest BCUT2D eigenvalue weighted by Gasteiger charge is -2.32. The number of nitrogens with one attached hydrogen (secondary N) is 1. The predicted octanol–water partition coefficient (Wildman–Crippen LogP) is 2.78. The molecule has 0 saturated carbocycles. The molecule has 0 bridgehead atoms. The Morgan fingerprint density at radius 1 is 1.33 bits per heavy atom. The number of pyridine rings is 2. The number of aryl methyl sites for hydroxylation is 1. The Kier molecular flexibility index (Phi) is 5.20. The standard InChI is InChI=1S/C18H18F3N3O3/c1-11-3-2-6-22-16(11)27-13-4-7-24(8-5-13)17(26)14-9-12(18(19,20)21)10-23-15(14)25/h2-3,6,9-10,13H,4-5,7-8H2,1H3,(H,23,25). The van der Waals surface area contributed by atoms with E-state index in [-0.39, 0.29) is 19.2 Å². The van der Waals surface area contributed by atoms with Crippen LogP contribution < -0.4 is 10.3 Å². The van der Waals surface area contributed by atoms with Gasteiger partial charge in [0.2, 0.25) is 5.88 Å². The van der Waals surface area contributed by atoms with E-state index in [1.54, 1.807) is 12.3 Å². The zero-order chi connectivity index (χ0) is 19.6. The van der Waals surface area contributed by atoms with E-state index in [0.29, 0.717) is 31.0 Å². The average molecular weight is 381 g/mol. The Morgan fingerprint density at radius 2 is 2.04 bits per heavy atom. The number of aromatic nitrogens is 2. The second-order valence-electron chi connectivity index (χ2n) is 6.36. The maximum atomic E-state index is 12.8. The molecule has 3 heterocycles. The molecule has 144 valence electrons. The van der Waals surface area contributed by atoms with Gasteiger partial charge in [-0.1, -0.05) is 6.07 Å². The summed E-state index contributed by atoms with van der Waals surface area (Å²) in [5.74, 6) is -0.189. The van der Waals surface area contributed by atoms with Crippen molar-refractivity contribution in [2.75, 3.05) is 13.1 Å². The average Bonchev–Trinajstić information content (AvgIpc) is 2.63. The highest BCUT2D eigenvalue weighted by molar-refractivity contribution is 5.94. The van der Waals surface area contributed by atoms with Crippen LogP contribution in [0.5, 0.6) is 5.88 Å². The maximum absolute atomic E-state index is 12.8. The summed E-state index contributed by atoms with van der Waals surface area (Å²) in [7, 11) is 0. The third kappa shape index (κ3) is 4.29. The number of aromatic amines is 1. The van der Waals surface area contributed by atoms with Crippen LogP contribution in [0.15, 0.2) is 35.4 Å². The molecule has 0 unspecified atom stereocenters. The molecule has 1 aliphatic rings. The number of alkyl halides is 3. The topological polar surface area (TPSA) is 75.3 Å². The van der Waals surface area contributed by atoms with Gasteiger partial charge in [0, 0.05) is 43.9 Å². The third-order valence-corrected chi connectivity index (χ3v) is 4.43. The smallest absolute Gasteiger partial charge is 0.417 e. The molecule has 2 aromatic rings. The van der Waals surface area contributed by atoms with Crippen LogP contribution in [-0.4, -0.2) is 40.0 Å². The van der Waals surface area contributed by atoms with Crippen molar-refractivity contribution in [1.29, 1.82) is 0 Å². The summed E-state index contributed by atoms with van der Waals surface area (Å²) in [5, 5.41) is 0. The summed E-state index contributed by atoms with van der Waals surface area (Å²) in [6.07, 6.45) is -1.60. The van der Waals surface area contributed by atoms with Crippen molar-refractivity contribution in [3.8, 4) is 5.88 Å². The Morgan fingerprint density at radius 3 is 2.67 bits per heavy atom. The first-order valence-corrected chi connectivity index (χ1v) is 8.43. The molecular weight excluding hydrogens is 363 g/mol. The number of amides is 1. The van der Waals surface area contributed by atoms with Crippen LogP contribution in [0.4, 0.5) is 13.2 Å². The second-order valence-corrected chi connectivity index (χ2v) is 6.36. The molecule has 1 N–H and O–H groups in total. The van der Waals surface area contributed by atoms with Crippen LogP contribution in [0.3, 0.4) is 0 Å². The Bertz CT molecular complexity index is 887. The summed E-state index contributed by atoms with van der Waals surface area (Å²) < 4.78 is 44.3. The van der Waals surface area contributed by atoms with Crippen molar-refractivity contribution in [1.82, 2.24) is 14.9 Å². The molecule has 3 rings (SSSR count). The van der Waals surface area contributed by atoms with Crippen LogP contribution >= 0.6 is 0 Å². The SMILES string of the molecule is Cc1cccnc1OC1CCN(C(=O)c2cc(C(F)(F)F)c[nH]c2=O)CC1. The van der Waals surface area contributed by atoms with E-state index in [9.17, 15) is 22.8 Å². The first-order valence-electron chi connectivity index (χ1n) is 8.43. The molecule has 1 amide bonds. The van der Waals surface area contributed by atoms with Gasteiger partial charge in [-0.3, -0.25) is 9.59 Å². The molecule has 1 fully saturated rings. The highest BCUT2D eigenvalue weighted by Crippen LogP contribution is 2.28. The van der Waals surface area contributed by atoms with Crippen molar-refractivity contribution < 1.29 is 22.7 Å². The largest absolute Gasteiger partial charge is 0.474 e. The molecule has 9 heteroatoms. The van der Waals surface area contributed by atoms with Gasteiger partial charge in [-0.2, -0.15) is 13.2 Å². The number of hydrogen-bond donors (Lipinski definition) is 1. The van der Waals surface area contributed by atoms with Crippen LogP contribution in [0, 0.1) is 6.92 Å². The number of carbonyl (C=O) groups excluding carboxylic acids is 1. The van der Waals surface area contributed by atoms with Crippen LogP contribution in [0.25, 0.3) is 0 Å². The van der Waals surface area contributed by atoms with Crippen molar-refractivity contribution >= 4 is 5.91 Å². The fraction of sp³-hybridized carbons (Fsp3) is 0.389. The number of H-pyrrole nitrogens is 1. The molecule has 2 aromatic heterocycles. The molecular formula is C18H18F3N3O3. The van der Waals surface area contributed by atoms with Gasteiger partial charge in [0.25, 0.3) is 11.5 Å². The molecule has 1 saturated heterocycles. The van der Waals surface area contributed by atoms with E-state index in [0.717, 1.165) is 5.56 Å². The number of likely N-dealkylation sites (tertiary alicyclic amines) is 1. The first kappa shape index (κ1) is 18.9. The van der Waals surface area contributed by atoms with E-state index in [1.807, 2.05) is 18.0 Å². The van der Waals surface area contributed by atoms with Gasteiger partial charge in [-0.25, -0.2) is 4.98 Å². The summed E-state index contributed by atoms with van der Waals surface area (Å²) in [4.78, 5) is 31.8. The van der Waals surface area contributed by atoms with Crippen molar-refractivity contribution in [3.05, 3.63) is 57.6 Å². The van der Waals surface area contributed by atoms with E-state index >= 15 is 0 Å². The maximum Gasteiger partial charge on any atom is 0.417 e. The molecule has 0 atom stereocenters. The Balaban J connectivity index is 1.67.